The molecule has 2 N–H and O–H groups in total. The van der Waals surface area contributed by atoms with E-state index in [9.17, 15) is 19.2 Å². The molecule has 10 heteroatoms. The molecular formula is C20H29N5O5. The Labute approximate surface area is 175 Å². The molecule has 0 aromatic carbocycles. The first kappa shape index (κ1) is 21.8. The van der Waals surface area contributed by atoms with Crippen LogP contribution in [0.3, 0.4) is 0 Å². The summed E-state index contributed by atoms with van der Waals surface area (Å²) in [5, 5.41) is 9.58. The van der Waals surface area contributed by atoms with Crippen LogP contribution in [0.1, 0.15) is 59.4 Å². The second-order valence-electron chi connectivity index (χ2n) is 8.32. The summed E-state index contributed by atoms with van der Waals surface area (Å²) < 4.78 is 6.80. The standard InChI is InChI=1S/C20H29N5O5/c1-12(2)25-15(8-10-21-25)22-17(27)14(4)30-16(26)11-24-18(28)20(23-19(24)29)9-6-5-7-13(20)3/h8,10,12-14H,5-7,9,11H2,1-4H3,(H,22,27)(H,23,29). The number of amides is 4. The van der Waals surface area contributed by atoms with E-state index < -0.39 is 42.0 Å². The van der Waals surface area contributed by atoms with Gasteiger partial charge in [-0.05, 0) is 39.5 Å². The summed E-state index contributed by atoms with van der Waals surface area (Å²) in [5.41, 5.74) is -0.937. The van der Waals surface area contributed by atoms with Gasteiger partial charge < -0.3 is 15.4 Å². The largest absolute Gasteiger partial charge is 0.451 e. The maximum absolute atomic E-state index is 12.9. The van der Waals surface area contributed by atoms with Gasteiger partial charge in [0.05, 0.1) is 6.20 Å². The smallest absolute Gasteiger partial charge is 0.327 e. The number of imide groups is 1. The van der Waals surface area contributed by atoms with Gasteiger partial charge in [0.1, 0.15) is 17.9 Å². The minimum Gasteiger partial charge on any atom is -0.451 e. The Morgan fingerprint density at radius 2 is 2.07 bits per heavy atom. The lowest BCUT2D eigenvalue weighted by molar-refractivity contribution is -0.155. The molecule has 3 atom stereocenters. The monoisotopic (exact) mass is 419 g/mol. The number of urea groups is 1. The molecule has 0 radical (unpaired) electrons. The fraction of sp³-hybridized carbons (Fsp3) is 0.650. The highest BCUT2D eigenvalue weighted by atomic mass is 16.5. The van der Waals surface area contributed by atoms with Crippen molar-refractivity contribution in [3.63, 3.8) is 0 Å². The number of nitrogens with one attached hydrogen (secondary N) is 2. The van der Waals surface area contributed by atoms with E-state index in [1.165, 1.54) is 6.92 Å². The molecule has 10 nitrogen and oxygen atoms in total. The number of nitrogens with zero attached hydrogens (tertiary/aromatic N) is 3. The Balaban J connectivity index is 1.58. The van der Waals surface area contributed by atoms with Crippen molar-refractivity contribution in [2.24, 2.45) is 5.92 Å². The van der Waals surface area contributed by atoms with Crippen LogP contribution in [0.25, 0.3) is 0 Å². The zero-order chi connectivity index (χ0) is 22.1. The van der Waals surface area contributed by atoms with Gasteiger partial charge >= 0.3 is 12.0 Å². The molecule has 2 aliphatic rings. The van der Waals surface area contributed by atoms with Crippen molar-refractivity contribution in [2.45, 2.75) is 71.1 Å². The van der Waals surface area contributed by atoms with Crippen LogP contribution in [0.5, 0.6) is 0 Å². The van der Waals surface area contributed by atoms with Gasteiger partial charge in [0.2, 0.25) is 0 Å². The average molecular weight is 419 g/mol. The third kappa shape index (κ3) is 4.03. The zero-order valence-electron chi connectivity index (χ0n) is 17.8. The molecule has 1 spiro atoms. The van der Waals surface area contributed by atoms with Gasteiger partial charge in [-0.1, -0.05) is 19.8 Å². The number of aromatic nitrogens is 2. The van der Waals surface area contributed by atoms with Crippen molar-refractivity contribution in [1.29, 1.82) is 0 Å². The summed E-state index contributed by atoms with van der Waals surface area (Å²) in [6.07, 6.45) is 3.72. The zero-order valence-corrected chi connectivity index (χ0v) is 17.8. The van der Waals surface area contributed by atoms with Crippen LogP contribution in [0.15, 0.2) is 12.3 Å². The minimum absolute atomic E-state index is 0.000713. The van der Waals surface area contributed by atoms with Gasteiger partial charge in [-0.15, -0.1) is 0 Å². The highest BCUT2D eigenvalue weighted by Crippen LogP contribution is 2.38. The van der Waals surface area contributed by atoms with Crippen LogP contribution in [0.2, 0.25) is 0 Å². The number of ether oxygens (including phenoxy) is 1. The summed E-state index contributed by atoms with van der Waals surface area (Å²) in [7, 11) is 0. The SMILES string of the molecule is CC(OC(=O)CN1C(=O)NC2(CCCCC2C)C1=O)C(=O)Nc1ccnn1C(C)C. The predicted molar refractivity (Wildman–Crippen MR) is 107 cm³/mol. The molecule has 1 aromatic rings. The van der Waals surface area contributed by atoms with Crippen molar-refractivity contribution in [3.05, 3.63) is 12.3 Å². The first-order chi connectivity index (χ1) is 14.2. The fourth-order valence-electron chi connectivity index (χ4n) is 4.11. The molecule has 1 aliphatic carbocycles. The molecule has 2 heterocycles. The van der Waals surface area contributed by atoms with E-state index in [2.05, 4.69) is 15.7 Å². The predicted octanol–water partition coefficient (Wildman–Crippen LogP) is 1.83. The van der Waals surface area contributed by atoms with Gasteiger partial charge in [-0.3, -0.25) is 19.3 Å². The molecule has 1 saturated heterocycles. The third-order valence-corrected chi connectivity index (χ3v) is 5.88. The molecule has 30 heavy (non-hydrogen) atoms. The van der Waals surface area contributed by atoms with Crippen molar-refractivity contribution >= 4 is 29.6 Å². The summed E-state index contributed by atoms with van der Waals surface area (Å²) in [6, 6.07) is 1.09. The molecular weight excluding hydrogens is 390 g/mol. The molecule has 1 aromatic heterocycles. The van der Waals surface area contributed by atoms with E-state index in [0.717, 1.165) is 24.2 Å². The van der Waals surface area contributed by atoms with E-state index in [1.807, 2.05) is 20.8 Å². The summed E-state index contributed by atoms with van der Waals surface area (Å²) >= 11 is 0. The second kappa shape index (κ2) is 8.45. The van der Waals surface area contributed by atoms with E-state index in [0.29, 0.717) is 12.2 Å². The van der Waals surface area contributed by atoms with Gasteiger partial charge in [0.15, 0.2) is 6.10 Å². The molecule has 1 saturated carbocycles. The highest BCUT2D eigenvalue weighted by Gasteiger charge is 2.55. The molecule has 3 unspecified atom stereocenters. The molecule has 3 rings (SSSR count). The molecule has 4 amide bonds. The summed E-state index contributed by atoms with van der Waals surface area (Å²) in [4.78, 5) is 50.9. The molecule has 2 fully saturated rings. The number of carbonyl (C=O) groups is 4. The van der Waals surface area contributed by atoms with Crippen molar-refractivity contribution in [3.8, 4) is 0 Å². The van der Waals surface area contributed by atoms with Crippen molar-refractivity contribution < 1.29 is 23.9 Å². The Morgan fingerprint density at radius 1 is 1.33 bits per heavy atom. The molecule has 164 valence electrons. The lowest BCUT2D eigenvalue weighted by Gasteiger charge is -2.36. The topological polar surface area (TPSA) is 123 Å². The van der Waals surface area contributed by atoms with Gasteiger partial charge in [0, 0.05) is 12.1 Å². The van der Waals surface area contributed by atoms with Crippen LogP contribution in [0, 0.1) is 5.92 Å². The number of rotatable bonds is 6. The minimum atomic E-state index is -1.10. The number of carbonyl (C=O) groups excluding carboxylic acids is 4. The van der Waals surface area contributed by atoms with Crippen LogP contribution < -0.4 is 10.6 Å². The highest BCUT2D eigenvalue weighted by molar-refractivity contribution is 6.09. The van der Waals surface area contributed by atoms with E-state index in [1.54, 1.807) is 16.9 Å². The lowest BCUT2D eigenvalue weighted by atomic mass is 9.73. The number of esters is 1. The van der Waals surface area contributed by atoms with Crippen LogP contribution in [0.4, 0.5) is 10.6 Å². The Hall–Kier alpha value is -2.91. The normalized spacial score (nSPS) is 24.8. The fourth-order valence-corrected chi connectivity index (χ4v) is 4.11. The summed E-state index contributed by atoms with van der Waals surface area (Å²) in [6.45, 7) is 6.68. The number of hydrogen-bond donors (Lipinski definition) is 2. The van der Waals surface area contributed by atoms with Crippen LogP contribution >= 0.6 is 0 Å². The lowest BCUT2D eigenvalue weighted by Crippen LogP contribution is -2.54. The second-order valence-corrected chi connectivity index (χ2v) is 8.32. The maximum atomic E-state index is 12.9. The molecule has 1 aliphatic heterocycles. The van der Waals surface area contributed by atoms with Gasteiger partial charge in [-0.25, -0.2) is 9.48 Å². The number of anilines is 1. The molecule has 0 bridgehead atoms. The Kier molecular flexibility index (Phi) is 6.14. The van der Waals surface area contributed by atoms with Crippen molar-refractivity contribution in [2.75, 3.05) is 11.9 Å². The van der Waals surface area contributed by atoms with E-state index in [4.69, 9.17) is 4.74 Å². The van der Waals surface area contributed by atoms with Crippen LogP contribution in [-0.4, -0.2) is 56.7 Å². The number of hydrogen-bond acceptors (Lipinski definition) is 6. The first-order valence-corrected chi connectivity index (χ1v) is 10.3. The Bertz CT molecular complexity index is 850. The average Bonchev–Trinajstić information content (AvgIpc) is 3.23. The Morgan fingerprint density at radius 3 is 2.73 bits per heavy atom. The van der Waals surface area contributed by atoms with E-state index in [-0.39, 0.29) is 12.0 Å². The summed E-state index contributed by atoms with van der Waals surface area (Å²) in [5.74, 6) is -1.26. The van der Waals surface area contributed by atoms with Gasteiger partial charge in [0.25, 0.3) is 11.8 Å². The third-order valence-electron chi connectivity index (χ3n) is 5.88. The first-order valence-electron chi connectivity index (χ1n) is 10.3. The van der Waals surface area contributed by atoms with E-state index >= 15 is 0 Å². The quantitative estimate of drug-likeness (QED) is 0.536. The van der Waals surface area contributed by atoms with Crippen molar-refractivity contribution in [1.82, 2.24) is 20.0 Å². The van der Waals surface area contributed by atoms with Gasteiger partial charge in [-0.2, -0.15) is 5.10 Å². The van der Waals surface area contributed by atoms with Crippen LogP contribution in [-0.2, 0) is 19.1 Å². The maximum Gasteiger partial charge on any atom is 0.327 e.